The molecule has 8 atom stereocenters. The van der Waals surface area contributed by atoms with Gasteiger partial charge in [0.05, 0.1) is 6.10 Å². The van der Waals surface area contributed by atoms with E-state index in [9.17, 15) is 9.50 Å². The van der Waals surface area contributed by atoms with E-state index < -0.39 is 6.17 Å². The molecule has 3 heteroatoms. The summed E-state index contributed by atoms with van der Waals surface area (Å²) in [5.74, 6) is 1.75. The van der Waals surface area contributed by atoms with Crippen LogP contribution in [0.4, 0.5) is 4.39 Å². The number of nitrogens with two attached hydrogens (primary N) is 1. The highest BCUT2D eigenvalue weighted by molar-refractivity contribution is 5.25. The number of alkyl halides is 1. The molecule has 4 aliphatic rings. The fourth-order valence-electron chi connectivity index (χ4n) is 6.72. The van der Waals surface area contributed by atoms with Crippen LogP contribution in [0, 0.1) is 28.6 Å². The van der Waals surface area contributed by atoms with Crippen molar-refractivity contribution < 1.29 is 9.50 Å². The minimum atomic E-state index is -0.813. The van der Waals surface area contributed by atoms with Gasteiger partial charge in [0.25, 0.3) is 0 Å². The fraction of sp³-hybridized carbons (Fsp3) is 0.895. The van der Waals surface area contributed by atoms with Crippen LogP contribution < -0.4 is 5.73 Å². The van der Waals surface area contributed by atoms with Crippen LogP contribution in [0.2, 0.25) is 0 Å². The topological polar surface area (TPSA) is 46.2 Å². The normalized spacial score (nSPS) is 57.6. The summed E-state index contributed by atoms with van der Waals surface area (Å²) < 4.78 is 14.3. The molecule has 0 amide bonds. The highest BCUT2D eigenvalue weighted by atomic mass is 19.1. The first-order valence-corrected chi connectivity index (χ1v) is 9.15. The molecule has 22 heavy (non-hydrogen) atoms. The number of aliphatic hydroxyl groups is 1. The van der Waals surface area contributed by atoms with Crippen molar-refractivity contribution in [3.05, 3.63) is 11.6 Å². The van der Waals surface area contributed by atoms with Gasteiger partial charge in [-0.15, -0.1) is 0 Å². The first kappa shape index (κ1) is 15.1. The Kier molecular flexibility index (Phi) is 3.30. The Labute approximate surface area is 133 Å². The van der Waals surface area contributed by atoms with Crippen LogP contribution in [-0.2, 0) is 0 Å². The van der Waals surface area contributed by atoms with Gasteiger partial charge in [-0.3, -0.25) is 0 Å². The van der Waals surface area contributed by atoms with Crippen molar-refractivity contribution >= 4 is 0 Å². The monoisotopic (exact) mass is 307 g/mol. The third kappa shape index (κ3) is 1.84. The van der Waals surface area contributed by atoms with Crippen molar-refractivity contribution in [2.75, 3.05) is 0 Å². The highest BCUT2D eigenvalue weighted by Crippen LogP contribution is 2.65. The van der Waals surface area contributed by atoms with Gasteiger partial charge in [0.2, 0.25) is 0 Å². The molecule has 0 saturated heterocycles. The third-order valence-electron chi connectivity index (χ3n) is 8.16. The molecule has 3 fully saturated rings. The largest absolute Gasteiger partial charge is 0.389 e. The molecule has 0 aliphatic heterocycles. The molecule has 0 heterocycles. The van der Waals surface area contributed by atoms with Crippen LogP contribution in [0.25, 0.3) is 0 Å². The standard InChI is InChI=1S/C19H30FNO/c1-18-7-5-12(22)9-11(18)3-4-13-14(18)6-8-19(2)15(13)10-16(20)17(19)21/h9,12-17,22H,3-8,10,21H2,1-2H3/t12?,13-,14+,15+,16?,17?,18+,19+/m1/s1. The second-order valence-corrected chi connectivity index (χ2v) is 8.95. The summed E-state index contributed by atoms with van der Waals surface area (Å²) in [6.45, 7) is 4.66. The minimum Gasteiger partial charge on any atom is -0.389 e. The lowest BCUT2D eigenvalue weighted by atomic mass is 9.47. The number of aliphatic hydroxyl groups excluding tert-OH is 1. The molecule has 0 aromatic heterocycles. The Morgan fingerprint density at radius 3 is 2.73 bits per heavy atom. The van der Waals surface area contributed by atoms with E-state index in [2.05, 4.69) is 19.9 Å². The SMILES string of the molecule is C[C@]12CCC(O)C=C1CC[C@@H]1[C@@H]2CC[C@]2(C)C(N)C(F)C[C@@H]12. The molecule has 0 radical (unpaired) electrons. The Balaban J connectivity index is 1.68. The van der Waals surface area contributed by atoms with Crippen LogP contribution in [0.1, 0.15) is 58.8 Å². The first-order chi connectivity index (χ1) is 10.4. The van der Waals surface area contributed by atoms with Crippen LogP contribution >= 0.6 is 0 Å². The molecule has 0 spiro atoms. The zero-order valence-electron chi connectivity index (χ0n) is 13.9. The zero-order chi connectivity index (χ0) is 15.7. The maximum Gasteiger partial charge on any atom is 0.116 e. The number of hydrogen-bond donors (Lipinski definition) is 2. The Morgan fingerprint density at radius 2 is 1.95 bits per heavy atom. The van der Waals surface area contributed by atoms with Crippen molar-refractivity contribution in [3.8, 4) is 0 Å². The van der Waals surface area contributed by atoms with Gasteiger partial charge in [0, 0.05) is 6.04 Å². The van der Waals surface area contributed by atoms with Gasteiger partial charge < -0.3 is 10.8 Å². The number of fused-ring (bicyclic) bond motifs is 5. The molecule has 3 unspecified atom stereocenters. The van der Waals surface area contributed by atoms with Gasteiger partial charge in [-0.2, -0.15) is 0 Å². The van der Waals surface area contributed by atoms with Gasteiger partial charge in [0.1, 0.15) is 6.17 Å². The van der Waals surface area contributed by atoms with Crippen LogP contribution in [-0.4, -0.2) is 23.4 Å². The van der Waals surface area contributed by atoms with Gasteiger partial charge in [-0.05, 0) is 73.5 Å². The zero-order valence-corrected chi connectivity index (χ0v) is 13.9. The number of hydrogen-bond acceptors (Lipinski definition) is 2. The molecule has 4 aliphatic carbocycles. The van der Waals surface area contributed by atoms with E-state index in [0.717, 1.165) is 25.7 Å². The lowest BCUT2D eigenvalue weighted by Gasteiger charge is -2.58. The molecule has 3 saturated carbocycles. The summed E-state index contributed by atoms with van der Waals surface area (Å²) in [6.07, 6.45) is 8.24. The lowest BCUT2D eigenvalue weighted by Crippen LogP contribution is -2.53. The van der Waals surface area contributed by atoms with E-state index in [0.29, 0.717) is 24.2 Å². The Morgan fingerprint density at radius 1 is 1.18 bits per heavy atom. The van der Waals surface area contributed by atoms with Crippen LogP contribution in [0.5, 0.6) is 0 Å². The molecule has 4 rings (SSSR count). The quantitative estimate of drug-likeness (QED) is 0.672. The second-order valence-electron chi connectivity index (χ2n) is 8.95. The van der Waals surface area contributed by atoms with Gasteiger partial charge >= 0.3 is 0 Å². The van der Waals surface area contributed by atoms with E-state index in [1.165, 1.54) is 18.4 Å². The second kappa shape index (κ2) is 4.80. The predicted molar refractivity (Wildman–Crippen MR) is 86.0 cm³/mol. The van der Waals surface area contributed by atoms with Gasteiger partial charge in [-0.1, -0.05) is 25.5 Å². The molecule has 2 nitrogen and oxygen atoms in total. The predicted octanol–water partition coefficient (Wildman–Crippen LogP) is 3.59. The maximum absolute atomic E-state index is 14.3. The number of rotatable bonds is 0. The van der Waals surface area contributed by atoms with Crippen LogP contribution in [0.3, 0.4) is 0 Å². The van der Waals surface area contributed by atoms with Gasteiger partial charge in [0.15, 0.2) is 0 Å². The van der Waals surface area contributed by atoms with Crippen molar-refractivity contribution in [2.24, 2.45) is 34.3 Å². The average molecular weight is 307 g/mol. The van der Waals surface area contributed by atoms with Crippen molar-refractivity contribution in [1.29, 1.82) is 0 Å². The molecule has 0 aromatic rings. The summed E-state index contributed by atoms with van der Waals surface area (Å²) in [4.78, 5) is 0. The van der Waals surface area contributed by atoms with Crippen molar-refractivity contribution in [3.63, 3.8) is 0 Å². The molecular formula is C19H30FNO. The Hall–Kier alpha value is -0.410. The van der Waals surface area contributed by atoms with Gasteiger partial charge in [-0.25, -0.2) is 4.39 Å². The molecule has 0 aromatic carbocycles. The number of allylic oxidation sites excluding steroid dienone is 1. The summed E-state index contributed by atoms with van der Waals surface area (Å²) in [7, 11) is 0. The molecule has 3 N–H and O–H groups in total. The smallest absolute Gasteiger partial charge is 0.116 e. The lowest BCUT2D eigenvalue weighted by molar-refractivity contribution is -0.0454. The van der Waals surface area contributed by atoms with E-state index in [1.54, 1.807) is 0 Å². The minimum absolute atomic E-state index is 0.00629. The Bertz CT molecular complexity index is 506. The summed E-state index contributed by atoms with van der Waals surface area (Å²) in [6, 6.07) is -0.267. The molecule has 124 valence electrons. The van der Waals surface area contributed by atoms with E-state index in [1.807, 2.05) is 0 Å². The average Bonchev–Trinajstić information content (AvgIpc) is 2.72. The molecule has 0 bridgehead atoms. The van der Waals surface area contributed by atoms with Crippen molar-refractivity contribution in [2.45, 2.75) is 77.1 Å². The molecular weight excluding hydrogens is 277 g/mol. The van der Waals surface area contributed by atoms with Crippen molar-refractivity contribution in [1.82, 2.24) is 0 Å². The summed E-state index contributed by atoms with van der Waals surface area (Å²) >= 11 is 0. The fourth-order valence-corrected chi connectivity index (χ4v) is 6.72. The maximum atomic E-state index is 14.3. The van der Waals surface area contributed by atoms with E-state index in [4.69, 9.17) is 5.73 Å². The first-order valence-electron chi connectivity index (χ1n) is 9.15. The van der Waals surface area contributed by atoms with E-state index in [-0.39, 0.29) is 23.0 Å². The van der Waals surface area contributed by atoms with Crippen LogP contribution in [0.15, 0.2) is 11.6 Å². The summed E-state index contributed by atoms with van der Waals surface area (Å²) in [5.41, 5.74) is 7.98. The number of halogens is 1. The highest BCUT2D eigenvalue weighted by Gasteiger charge is 2.60. The van der Waals surface area contributed by atoms with E-state index >= 15 is 0 Å². The third-order valence-corrected chi connectivity index (χ3v) is 8.16. The summed E-state index contributed by atoms with van der Waals surface area (Å²) in [5, 5.41) is 9.98.